The average Bonchev–Trinajstić information content (AvgIpc) is 3.51. The number of halogens is 4. The molecule has 0 spiro atoms. The predicted molar refractivity (Wildman–Crippen MR) is 132 cm³/mol. The first-order valence-electron chi connectivity index (χ1n) is 11.2. The van der Waals surface area contributed by atoms with Crippen LogP contribution in [0.5, 0.6) is 0 Å². The molecule has 1 aromatic heterocycles. The molecule has 0 saturated heterocycles. The number of rotatable bonds is 6. The van der Waals surface area contributed by atoms with Crippen molar-refractivity contribution in [2.75, 3.05) is 0 Å². The Labute approximate surface area is 212 Å². The number of amides is 1. The molecule has 3 aromatic carbocycles. The molecule has 1 heterocycles. The van der Waals surface area contributed by atoms with E-state index in [4.69, 9.17) is 5.11 Å². The van der Waals surface area contributed by atoms with Gasteiger partial charge in [0.25, 0.3) is 5.91 Å². The van der Waals surface area contributed by atoms with Crippen LogP contribution in [-0.2, 0) is 18.3 Å². The predicted octanol–water partition coefficient (Wildman–Crippen LogP) is 6.59. The summed E-state index contributed by atoms with van der Waals surface area (Å²) < 4.78 is 41.3. The Bertz CT molecular complexity index is 1490. The number of fused-ring (bicyclic) bond motifs is 1. The average molecular weight is 557 g/mol. The molecule has 0 aliphatic heterocycles. The van der Waals surface area contributed by atoms with E-state index in [0.29, 0.717) is 21.1 Å². The van der Waals surface area contributed by atoms with E-state index in [2.05, 4.69) is 21.2 Å². The maximum absolute atomic E-state index is 13.4. The lowest BCUT2D eigenvalue weighted by molar-refractivity contribution is -0.137. The van der Waals surface area contributed by atoms with Gasteiger partial charge in [-0.2, -0.15) is 13.2 Å². The fourth-order valence-electron chi connectivity index (χ4n) is 4.44. The van der Waals surface area contributed by atoms with Gasteiger partial charge in [-0.05, 0) is 60.4 Å². The fraction of sp³-hybridized carbons (Fsp3) is 0.185. The lowest BCUT2D eigenvalue weighted by atomic mass is 10.0. The SMILES string of the molecule is O=C(O)c1ccc(C2(NC(=O)c3cccc4ccn(Cc5ccc(C(F)(F)F)cc5Br)c34)CC2)cc1. The van der Waals surface area contributed by atoms with Gasteiger partial charge in [-0.1, -0.05) is 46.3 Å². The lowest BCUT2D eigenvalue weighted by Gasteiger charge is -2.19. The molecular weight excluding hydrogens is 537 g/mol. The highest BCUT2D eigenvalue weighted by Gasteiger charge is 2.46. The van der Waals surface area contributed by atoms with Crippen molar-refractivity contribution in [3.05, 3.63) is 105 Å². The molecule has 5 nitrogen and oxygen atoms in total. The number of hydrogen-bond acceptors (Lipinski definition) is 2. The van der Waals surface area contributed by atoms with Gasteiger partial charge in [0.05, 0.1) is 27.7 Å². The van der Waals surface area contributed by atoms with Crippen molar-refractivity contribution in [3.8, 4) is 0 Å². The Morgan fingerprint density at radius 2 is 1.75 bits per heavy atom. The third kappa shape index (κ3) is 4.51. The molecule has 4 aromatic rings. The number of carboxylic acid groups (broad SMARTS) is 1. The fourth-order valence-corrected chi connectivity index (χ4v) is 4.94. The largest absolute Gasteiger partial charge is 0.478 e. The molecule has 0 radical (unpaired) electrons. The lowest BCUT2D eigenvalue weighted by Crippen LogP contribution is -2.35. The molecule has 36 heavy (non-hydrogen) atoms. The molecule has 1 fully saturated rings. The Balaban J connectivity index is 1.44. The molecule has 0 atom stereocenters. The van der Waals surface area contributed by atoms with E-state index in [-0.39, 0.29) is 18.0 Å². The third-order valence-electron chi connectivity index (χ3n) is 6.54. The number of nitrogens with one attached hydrogen (secondary N) is 1. The molecule has 5 rings (SSSR count). The minimum absolute atomic E-state index is 0.179. The Kier molecular flexibility index (Phi) is 5.90. The Hall–Kier alpha value is -3.59. The summed E-state index contributed by atoms with van der Waals surface area (Å²) in [6, 6.07) is 17.3. The summed E-state index contributed by atoms with van der Waals surface area (Å²) in [5, 5.41) is 13.1. The number of carbonyl (C=O) groups excluding carboxylic acids is 1. The smallest absolute Gasteiger partial charge is 0.416 e. The van der Waals surface area contributed by atoms with E-state index in [1.165, 1.54) is 18.2 Å². The second-order valence-corrected chi connectivity index (χ2v) is 9.76. The van der Waals surface area contributed by atoms with Gasteiger partial charge in [0.1, 0.15) is 0 Å². The molecule has 0 unspecified atom stereocenters. The summed E-state index contributed by atoms with van der Waals surface area (Å²) in [7, 11) is 0. The summed E-state index contributed by atoms with van der Waals surface area (Å²) in [5.74, 6) is -1.28. The quantitative estimate of drug-likeness (QED) is 0.281. The van der Waals surface area contributed by atoms with Gasteiger partial charge >= 0.3 is 12.1 Å². The molecular formula is C27H20BrF3N2O3. The topological polar surface area (TPSA) is 71.3 Å². The first kappa shape index (κ1) is 24.1. The van der Waals surface area contributed by atoms with Crippen LogP contribution < -0.4 is 5.32 Å². The number of para-hydroxylation sites is 1. The summed E-state index contributed by atoms with van der Waals surface area (Å²) in [6.45, 7) is 0.272. The molecule has 2 N–H and O–H groups in total. The minimum Gasteiger partial charge on any atom is -0.478 e. The van der Waals surface area contributed by atoms with E-state index in [1.54, 1.807) is 24.3 Å². The summed E-state index contributed by atoms with van der Waals surface area (Å²) in [4.78, 5) is 24.6. The zero-order valence-corrected chi connectivity index (χ0v) is 20.4. The van der Waals surface area contributed by atoms with Crippen molar-refractivity contribution in [1.82, 2.24) is 9.88 Å². The van der Waals surface area contributed by atoms with E-state index in [0.717, 1.165) is 35.9 Å². The van der Waals surface area contributed by atoms with Gasteiger partial charge in [0.2, 0.25) is 0 Å². The van der Waals surface area contributed by atoms with E-state index >= 15 is 0 Å². The second-order valence-electron chi connectivity index (χ2n) is 8.91. The van der Waals surface area contributed by atoms with Crippen LogP contribution in [0, 0.1) is 0 Å². The molecule has 1 aliphatic carbocycles. The molecule has 1 saturated carbocycles. The van der Waals surface area contributed by atoms with Crippen molar-refractivity contribution in [1.29, 1.82) is 0 Å². The third-order valence-corrected chi connectivity index (χ3v) is 7.28. The van der Waals surface area contributed by atoms with Crippen LogP contribution in [0.25, 0.3) is 10.9 Å². The summed E-state index contributed by atoms with van der Waals surface area (Å²) >= 11 is 3.26. The minimum atomic E-state index is -4.43. The van der Waals surface area contributed by atoms with E-state index in [1.807, 2.05) is 22.9 Å². The Morgan fingerprint density at radius 3 is 2.36 bits per heavy atom. The highest BCUT2D eigenvalue weighted by molar-refractivity contribution is 9.10. The molecule has 0 bridgehead atoms. The van der Waals surface area contributed by atoms with Crippen LogP contribution in [0.3, 0.4) is 0 Å². The van der Waals surface area contributed by atoms with Crippen molar-refractivity contribution in [3.63, 3.8) is 0 Å². The number of benzene rings is 3. The maximum atomic E-state index is 13.4. The van der Waals surface area contributed by atoms with Crippen LogP contribution >= 0.6 is 15.9 Å². The van der Waals surface area contributed by atoms with Crippen molar-refractivity contribution in [2.45, 2.75) is 31.1 Å². The molecule has 1 aliphatic rings. The number of nitrogens with zero attached hydrogens (tertiary/aromatic N) is 1. The number of hydrogen-bond donors (Lipinski definition) is 2. The monoisotopic (exact) mass is 556 g/mol. The Morgan fingerprint density at radius 1 is 1.03 bits per heavy atom. The first-order valence-corrected chi connectivity index (χ1v) is 12.0. The van der Waals surface area contributed by atoms with Crippen LogP contribution in [-0.4, -0.2) is 21.6 Å². The zero-order chi connectivity index (χ0) is 25.7. The number of aromatic carboxylic acids is 1. The van der Waals surface area contributed by atoms with Gasteiger partial charge in [0.15, 0.2) is 0 Å². The second kappa shape index (κ2) is 8.81. The van der Waals surface area contributed by atoms with Crippen LogP contribution in [0.1, 0.15) is 50.2 Å². The first-order chi connectivity index (χ1) is 17.1. The van der Waals surface area contributed by atoms with Crippen LogP contribution in [0.15, 0.2) is 77.4 Å². The van der Waals surface area contributed by atoms with E-state index in [9.17, 15) is 22.8 Å². The molecule has 184 valence electrons. The van der Waals surface area contributed by atoms with Crippen molar-refractivity contribution in [2.24, 2.45) is 0 Å². The van der Waals surface area contributed by atoms with Gasteiger partial charge < -0.3 is 15.0 Å². The van der Waals surface area contributed by atoms with Gasteiger partial charge in [-0.25, -0.2) is 4.79 Å². The summed E-state index contributed by atoms with van der Waals surface area (Å²) in [5.41, 5.74) is 1.52. The van der Waals surface area contributed by atoms with Gasteiger partial charge in [-0.15, -0.1) is 0 Å². The van der Waals surface area contributed by atoms with E-state index < -0.39 is 23.2 Å². The van der Waals surface area contributed by atoms with Crippen molar-refractivity contribution < 1.29 is 27.9 Å². The highest BCUT2D eigenvalue weighted by atomic mass is 79.9. The number of aromatic nitrogens is 1. The van der Waals surface area contributed by atoms with Crippen LogP contribution in [0.2, 0.25) is 0 Å². The molecule has 9 heteroatoms. The van der Waals surface area contributed by atoms with Gasteiger partial charge in [0, 0.05) is 22.6 Å². The van der Waals surface area contributed by atoms with Crippen LogP contribution in [0.4, 0.5) is 13.2 Å². The highest BCUT2D eigenvalue weighted by Crippen LogP contribution is 2.46. The summed E-state index contributed by atoms with van der Waals surface area (Å²) in [6.07, 6.45) is -1.15. The number of alkyl halides is 3. The number of carbonyl (C=O) groups is 2. The maximum Gasteiger partial charge on any atom is 0.416 e. The zero-order valence-electron chi connectivity index (χ0n) is 18.8. The standard InChI is InChI=1S/C27H20BrF3N2O3/c28-22-14-20(27(29,30)31)9-6-18(22)15-33-13-10-16-2-1-3-21(23(16)33)24(34)32-26(11-12-26)19-7-4-17(5-8-19)25(35)36/h1-10,13-14H,11-12,15H2,(H,32,34)(H,35,36). The normalized spacial score (nSPS) is 14.6. The van der Waals surface area contributed by atoms with Gasteiger partial charge in [-0.3, -0.25) is 4.79 Å². The molecule has 1 amide bonds. The van der Waals surface area contributed by atoms with Crippen molar-refractivity contribution >= 4 is 38.7 Å². The number of carboxylic acids is 1.